The smallest absolute Gasteiger partial charge is 0.314 e. The lowest BCUT2D eigenvalue weighted by Crippen LogP contribution is -2.20. The minimum atomic E-state index is -1.10. The summed E-state index contributed by atoms with van der Waals surface area (Å²) in [7, 11) is 0. The minimum absolute atomic E-state index is 0.377. The summed E-state index contributed by atoms with van der Waals surface area (Å²) in [6, 6.07) is 6.68. The van der Waals surface area contributed by atoms with Gasteiger partial charge in [-0.05, 0) is 12.5 Å². The van der Waals surface area contributed by atoms with Crippen LogP contribution in [0.5, 0.6) is 0 Å². The number of hydrogen-bond donors (Lipinski definition) is 1. The Hall–Kier alpha value is -1.90. The molecule has 1 aromatic rings. The second-order valence-corrected chi connectivity index (χ2v) is 3.25. The topological polar surface area (TPSA) is 54.4 Å². The van der Waals surface area contributed by atoms with E-state index in [0.717, 1.165) is 5.56 Å². The van der Waals surface area contributed by atoms with Crippen LogP contribution in [0, 0.1) is 5.92 Å². The first kappa shape index (κ1) is 11.2. The average Bonchev–Trinajstić information content (AvgIpc) is 2.27. The van der Waals surface area contributed by atoms with E-state index in [1.54, 1.807) is 30.3 Å². The summed E-state index contributed by atoms with van der Waals surface area (Å²) in [4.78, 5) is 22.2. The fourth-order valence-corrected chi connectivity index (χ4v) is 1.15. The van der Waals surface area contributed by atoms with Gasteiger partial charge in [-0.2, -0.15) is 0 Å². The highest BCUT2D eigenvalue weighted by atomic mass is 16.4. The molecule has 15 heavy (non-hydrogen) atoms. The van der Waals surface area contributed by atoms with Gasteiger partial charge in [0.15, 0.2) is 5.78 Å². The third-order valence-corrected chi connectivity index (χ3v) is 2.19. The molecule has 0 saturated carbocycles. The van der Waals surface area contributed by atoms with Crippen LogP contribution in [0.1, 0.15) is 22.8 Å². The summed E-state index contributed by atoms with van der Waals surface area (Å²) in [5.41, 5.74) is 1.31. The Morgan fingerprint density at radius 1 is 1.33 bits per heavy atom. The van der Waals surface area contributed by atoms with Gasteiger partial charge in [-0.15, -0.1) is 0 Å². The highest BCUT2D eigenvalue weighted by Gasteiger charge is 2.21. The summed E-state index contributed by atoms with van der Waals surface area (Å²) in [6.07, 6.45) is 1.66. The van der Waals surface area contributed by atoms with Crippen molar-refractivity contribution in [3.05, 3.63) is 42.0 Å². The van der Waals surface area contributed by atoms with Crippen LogP contribution >= 0.6 is 0 Å². The normalized spacial score (nSPS) is 11.8. The molecule has 0 amide bonds. The zero-order valence-electron chi connectivity index (χ0n) is 8.43. The number of rotatable bonds is 4. The Bertz CT molecular complexity index is 390. The van der Waals surface area contributed by atoms with Gasteiger partial charge in [0.1, 0.15) is 5.92 Å². The molecule has 0 heterocycles. The number of aliphatic carboxylic acids is 1. The predicted molar refractivity (Wildman–Crippen MR) is 57.7 cm³/mol. The number of carbonyl (C=O) groups is 2. The summed E-state index contributed by atoms with van der Waals surface area (Å²) >= 11 is 0. The number of Topliss-reactive ketones (excluding diaryl/α,β-unsaturated/α-hetero) is 1. The van der Waals surface area contributed by atoms with E-state index in [1.807, 2.05) is 0 Å². The summed E-state index contributed by atoms with van der Waals surface area (Å²) in [5.74, 6) is -2.48. The molecule has 0 fully saturated rings. The van der Waals surface area contributed by atoms with E-state index in [1.165, 1.54) is 6.92 Å². The average molecular weight is 204 g/mol. The van der Waals surface area contributed by atoms with Crippen LogP contribution in [0.4, 0.5) is 0 Å². The van der Waals surface area contributed by atoms with Gasteiger partial charge in [0.25, 0.3) is 0 Å². The van der Waals surface area contributed by atoms with Gasteiger partial charge in [-0.3, -0.25) is 9.59 Å². The number of carboxylic acids is 1. The molecule has 0 spiro atoms. The SMILES string of the molecule is C=Cc1ccc(C(=O)C(C)C(=O)O)cc1. The predicted octanol–water partition coefficient (Wildman–Crippen LogP) is 2.23. The molecule has 0 radical (unpaired) electrons. The highest BCUT2D eigenvalue weighted by molar-refractivity contribution is 6.07. The van der Waals surface area contributed by atoms with Crippen molar-refractivity contribution in [2.45, 2.75) is 6.92 Å². The summed E-state index contributed by atoms with van der Waals surface area (Å²) < 4.78 is 0. The highest BCUT2D eigenvalue weighted by Crippen LogP contribution is 2.11. The standard InChI is InChI=1S/C12H12O3/c1-3-9-4-6-10(7-5-9)11(13)8(2)12(14)15/h3-8H,1H2,2H3,(H,14,15). The molecule has 1 atom stereocenters. The van der Waals surface area contributed by atoms with Crippen molar-refractivity contribution < 1.29 is 14.7 Å². The third kappa shape index (κ3) is 2.53. The van der Waals surface area contributed by atoms with Crippen molar-refractivity contribution in [1.29, 1.82) is 0 Å². The zero-order valence-corrected chi connectivity index (χ0v) is 8.43. The maximum Gasteiger partial charge on any atom is 0.314 e. The van der Waals surface area contributed by atoms with Gasteiger partial charge >= 0.3 is 5.97 Å². The largest absolute Gasteiger partial charge is 0.481 e. The first-order valence-electron chi connectivity index (χ1n) is 4.55. The Labute approximate surface area is 88.0 Å². The lowest BCUT2D eigenvalue weighted by atomic mass is 9.99. The molecule has 0 aromatic heterocycles. The Balaban J connectivity index is 2.92. The van der Waals surface area contributed by atoms with Crippen molar-refractivity contribution in [1.82, 2.24) is 0 Å². The number of hydrogen-bond acceptors (Lipinski definition) is 2. The van der Waals surface area contributed by atoms with Gasteiger partial charge in [0.2, 0.25) is 0 Å². The van der Waals surface area contributed by atoms with Crippen LogP contribution in [0.3, 0.4) is 0 Å². The van der Waals surface area contributed by atoms with E-state index in [9.17, 15) is 9.59 Å². The minimum Gasteiger partial charge on any atom is -0.481 e. The van der Waals surface area contributed by atoms with E-state index < -0.39 is 11.9 Å². The molecule has 0 aliphatic carbocycles. The second kappa shape index (κ2) is 4.55. The molecule has 78 valence electrons. The molecule has 0 aliphatic rings. The van der Waals surface area contributed by atoms with Crippen molar-refractivity contribution in [2.24, 2.45) is 5.92 Å². The van der Waals surface area contributed by atoms with Crippen LogP contribution in [0.2, 0.25) is 0 Å². The van der Waals surface area contributed by atoms with Crippen molar-refractivity contribution in [3.63, 3.8) is 0 Å². The van der Waals surface area contributed by atoms with Crippen molar-refractivity contribution >= 4 is 17.8 Å². The van der Waals surface area contributed by atoms with Crippen LogP contribution in [-0.2, 0) is 4.79 Å². The molecule has 3 heteroatoms. The van der Waals surface area contributed by atoms with Crippen molar-refractivity contribution in [2.75, 3.05) is 0 Å². The van der Waals surface area contributed by atoms with Crippen LogP contribution in [0.25, 0.3) is 6.08 Å². The maximum absolute atomic E-state index is 11.6. The Morgan fingerprint density at radius 3 is 2.27 bits per heavy atom. The van der Waals surface area contributed by atoms with Crippen LogP contribution in [-0.4, -0.2) is 16.9 Å². The first-order valence-corrected chi connectivity index (χ1v) is 4.55. The Morgan fingerprint density at radius 2 is 1.87 bits per heavy atom. The molecule has 1 rings (SSSR count). The number of benzene rings is 1. The molecule has 1 N–H and O–H groups in total. The molecule has 0 aliphatic heterocycles. The molecule has 1 aromatic carbocycles. The fraction of sp³-hybridized carbons (Fsp3) is 0.167. The fourth-order valence-electron chi connectivity index (χ4n) is 1.15. The van der Waals surface area contributed by atoms with Gasteiger partial charge in [-0.25, -0.2) is 0 Å². The second-order valence-electron chi connectivity index (χ2n) is 3.25. The zero-order chi connectivity index (χ0) is 11.4. The molecule has 0 saturated heterocycles. The van der Waals surface area contributed by atoms with Crippen LogP contribution in [0.15, 0.2) is 30.8 Å². The van der Waals surface area contributed by atoms with Gasteiger partial charge in [-0.1, -0.05) is 36.9 Å². The van der Waals surface area contributed by atoms with E-state index >= 15 is 0 Å². The monoisotopic (exact) mass is 204 g/mol. The number of carboxylic acid groups (broad SMARTS) is 1. The first-order chi connectivity index (χ1) is 7.06. The van der Waals surface area contributed by atoms with E-state index in [0.29, 0.717) is 5.56 Å². The van der Waals surface area contributed by atoms with Gasteiger partial charge < -0.3 is 5.11 Å². The molecular weight excluding hydrogens is 192 g/mol. The van der Waals surface area contributed by atoms with E-state index in [-0.39, 0.29) is 5.78 Å². The van der Waals surface area contributed by atoms with E-state index in [4.69, 9.17) is 5.11 Å². The van der Waals surface area contributed by atoms with Gasteiger partial charge in [0.05, 0.1) is 0 Å². The third-order valence-electron chi connectivity index (χ3n) is 2.19. The number of carbonyl (C=O) groups excluding carboxylic acids is 1. The summed E-state index contributed by atoms with van der Waals surface area (Å²) in [5, 5.41) is 8.68. The summed E-state index contributed by atoms with van der Waals surface area (Å²) in [6.45, 7) is 4.97. The molecular formula is C12H12O3. The van der Waals surface area contributed by atoms with Crippen molar-refractivity contribution in [3.8, 4) is 0 Å². The number of ketones is 1. The lowest BCUT2D eigenvalue weighted by molar-refractivity contribution is -0.139. The lowest BCUT2D eigenvalue weighted by Gasteiger charge is -2.05. The maximum atomic E-state index is 11.6. The molecule has 1 unspecified atom stereocenters. The molecule has 0 bridgehead atoms. The quantitative estimate of drug-likeness (QED) is 0.604. The van der Waals surface area contributed by atoms with Crippen LogP contribution < -0.4 is 0 Å². The Kier molecular flexibility index (Phi) is 3.39. The van der Waals surface area contributed by atoms with Gasteiger partial charge in [0, 0.05) is 5.56 Å². The van der Waals surface area contributed by atoms with E-state index in [2.05, 4.69) is 6.58 Å². The molecule has 3 nitrogen and oxygen atoms in total.